The highest BCUT2D eigenvalue weighted by molar-refractivity contribution is 5.98. The molecule has 0 fully saturated rings. The molecule has 0 aliphatic heterocycles. The lowest BCUT2D eigenvalue weighted by Gasteiger charge is -2.16. The molecule has 1 radical (unpaired) electrons. The third-order valence-electron chi connectivity index (χ3n) is 3.80. The van der Waals surface area contributed by atoms with E-state index in [1.165, 1.54) is 0 Å². The third-order valence-corrected chi connectivity index (χ3v) is 3.80. The molecular weight excluding hydrogens is 292 g/mol. The van der Waals surface area contributed by atoms with Gasteiger partial charge in [0.15, 0.2) is 23.3 Å². The number of benzene rings is 2. The summed E-state index contributed by atoms with van der Waals surface area (Å²) in [5.74, 6) is -5.48. The maximum Gasteiger partial charge on any atom is 0.198 e. The van der Waals surface area contributed by atoms with Crippen LogP contribution in [0.3, 0.4) is 0 Å². The van der Waals surface area contributed by atoms with Gasteiger partial charge in [0.1, 0.15) is 0 Å². The van der Waals surface area contributed by atoms with Crippen LogP contribution in [0.1, 0.15) is 36.5 Å². The van der Waals surface area contributed by atoms with Crippen LogP contribution in [0.4, 0.5) is 17.6 Å². The molecule has 0 spiro atoms. The molecule has 0 saturated carbocycles. The van der Waals surface area contributed by atoms with Gasteiger partial charge in [-0.1, -0.05) is 37.6 Å². The van der Waals surface area contributed by atoms with Gasteiger partial charge in [-0.05, 0) is 35.3 Å². The van der Waals surface area contributed by atoms with E-state index in [1.54, 1.807) is 6.08 Å². The van der Waals surface area contributed by atoms with Gasteiger partial charge < -0.3 is 0 Å². The minimum absolute atomic E-state index is 0.240. The van der Waals surface area contributed by atoms with Crippen LogP contribution in [0.25, 0.3) is 11.6 Å². The van der Waals surface area contributed by atoms with Crippen molar-refractivity contribution in [3.8, 4) is 0 Å². The van der Waals surface area contributed by atoms with Crippen molar-refractivity contribution < 1.29 is 17.6 Å². The van der Waals surface area contributed by atoms with Crippen molar-refractivity contribution in [1.82, 2.24) is 0 Å². The van der Waals surface area contributed by atoms with E-state index in [2.05, 4.69) is 0 Å². The molecule has 0 nitrogen and oxygen atoms in total. The Morgan fingerprint density at radius 1 is 0.864 bits per heavy atom. The number of hydrogen-bond acceptors (Lipinski definition) is 0. The highest BCUT2D eigenvalue weighted by Crippen LogP contribution is 2.44. The van der Waals surface area contributed by atoms with Crippen LogP contribution in [0.2, 0.25) is 0 Å². The Hall–Kier alpha value is -2.10. The molecule has 0 bridgehead atoms. The quantitative estimate of drug-likeness (QED) is 0.398. The Morgan fingerprint density at radius 3 is 2.32 bits per heavy atom. The largest absolute Gasteiger partial charge is 0.204 e. The lowest BCUT2D eigenvalue weighted by atomic mass is 9.87. The van der Waals surface area contributed by atoms with E-state index in [0.717, 1.165) is 29.5 Å². The summed E-state index contributed by atoms with van der Waals surface area (Å²) in [4.78, 5) is 0. The summed E-state index contributed by atoms with van der Waals surface area (Å²) in [5, 5.41) is 0. The van der Waals surface area contributed by atoms with Crippen molar-refractivity contribution in [3.05, 3.63) is 76.2 Å². The summed E-state index contributed by atoms with van der Waals surface area (Å²) in [7, 11) is 0. The summed E-state index contributed by atoms with van der Waals surface area (Å²) in [6, 6.07) is 8.16. The Morgan fingerprint density at radius 2 is 1.59 bits per heavy atom. The van der Waals surface area contributed by atoms with Crippen LogP contribution in [0, 0.1) is 29.2 Å². The number of rotatable bonds is 3. The minimum atomic E-state index is -1.78. The van der Waals surface area contributed by atoms with Gasteiger partial charge in [0, 0.05) is 11.5 Å². The van der Waals surface area contributed by atoms with Gasteiger partial charge in [0.25, 0.3) is 0 Å². The summed E-state index contributed by atoms with van der Waals surface area (Å²) < 4.78 is 54.3. The van der Waals surface area contributed by atoms with Crippen LogP contribution in [0.5, 0.6) is 0 Å². The summed E-state index contributed by atoms with van der Waals surface area (Å²) in [5.41, 5.74) is 1.96. The highest BCUT2D eigenvalue weighted by Gasteiger charge is 2.30. The first-order chi connectivity index (χ1) is 10.5. The molecule has 2 aromatic carbocycles. The number of halogens is 4. The fourth-order valence-corrected chi connectivity index (χ4v) is 2.81. The lowest BCUT2D eigenvalue weighted by molar-refractivity contribution is 0.408. The van der Waals surface area contributed by atoms with Crippen LogP contribution >= 0.6 is 0 Å². The van der Waals surface area contributed by atoms with Crippen LogP contribution < -0.4 is 0 Å². The van der Waals surface area contributed by atoms with E-state index >= 15 is 0 Å². The predicted molar refractivity (Wildman–Crippen MR) is 77.8 cm³/mol. The molecule has 22 heavy (non-hydrogen) atoms. The SMILES string of the molecule is CCC[C]1C(c2cc(F)c(F)c(F)c2F)=Cc2ccccc21. The molecule has 0 amide bonds. The standard InChI is InChI=1S/C18H13F4/c1-2-5-12-11-7-4-3-6-10(11)8-13(12)14-9-15(19)17(21)18(22)16(14)20/h3-4,6-9H,2,5H2,1H3. The van der Waals surface area contributed by atoms with Crippen molar-refractivity contribution in [3.63, 3.8) is 0 Å². The Bertz CT molecular complexity index is 762. The second-order valence-electron chi connectivity index (χ2n) is 5.22. The number of allylic oxidation sites excluding steroid dienone is 1. The van der Waals surface area contributed by atoms with Crippen LogP contribution in [-0.2, 0) is 0 Å². The number of fused-ring (bicyclic) bond motifs is 1. The zero-order chi connectivity index (χ0) is 15.9. The van der Waals surface area contributed by atoms with Gasteiger partial charge >= 0.3 is 0 Å². The van der Waals surface area contributed by atoms with Crippen molar-refractivity contribution in [2.75, 3.05) is 0 Å². The van der Waals surface area contributed by atoms with Crippen LogP contribution in [0.15, 0.2) is 30.3 Å². The molecular formula is C18H13F4. The smallest absolute Gasteiger partial charge is 0.198 e. The molecule has 0 aromatic heterocycles. The predicted octanol–water partition coefficient (Wildman–Crippen LogP) is 5.52. The highest BCUT2D eigenvalue weighted by atomic mass is 19.2. The van der Waals surface area contributed by atoms with E-state index in [-0.39, 0.29) is 5.56 Å². The molecule has 1 aliphatic carbocycles. The van der Waals surface area contributed by atoms with Gasteiger partial charge in [-0.25, -0.2) is 17.6 Å². The molecule has 0 heterocycles. The summed E-state index contributed by atoms with van der Waals surface area (Å²) in [6.45, 7) is 1.97. The van der Waals surface area contributed by atoms with E-state index in [0.29, 0.717) is 12.0 Å². The molecule has 2 aromatic rings. The third kappa shape index (κ3) is 2.23. The lowest BCUT2D eigenvalue weighted by Crippen LogP contribution is -2.05. The Labute approximate surface area is 126 Å². The first kappa shape index (κ1) is 14.8. The molecule has 113 valence electrons. The molecule has 4 heteroatoms. The van der Waals surface area contributed by atoms with Crippen molar-refractivity contribution >= 4 is 11.6 Å². The number of hydrogen-bond donors (Lipinski definition) is 0. The Kier molecular flexibility index (Phi) is 3.77. The van der Waals surface area contributed by atoms with E-state index < -0.39 is 23.3 Å². The maximum atomic E-state index is 14.1. The molecule has 0 saturated heterocycles. The first-order valence-corrected chi connectivity index (χ1v) is 7.05. The molecule has 0 unspecified atom stereocenters. The van der Waals surface area contributed by atoms with Gasteiger partial charge in [0.05, 0.1) is 0 Å². The second-order valence-corrected chi connectivity index (χ2v) is 5.22. The Balaban J connectivity index is 2.17. The van der Waals surface area contributed by atoms with Gasteiger partial charge in [-0.3, -0.25) is 0 Å². The van der Waals surface area contributed by atoms with Gasteiger partial charge in [-0.2, -0.15) is 0 Å². The normalized spacial score (nSPS) is 14.1. The summed E-state index contributed by atoms with van der Waals surface area (Å²) >= 11 is 0. The molecule has 0 atom stereocenters. The molecule has 3 rings (SSSR count). The second kappa shape index (κ2) is 5.59. The maximum absolute atomic E-state index is 14.1. The van der Waals surface area contributed by atoms with E-state index in [4.69, 9.17) is 0 Å². The van der Waals surface area contributed by atoms with E-state index in [1.807, 2.05) is 31.2 Å². The zero-order valence-electron chi connectivity index (χ0n) is 11.9. The average molecular weight is 305 g/mol. The van der Waals surface area contributed by atoms with Gasteiger partial charge in [0.2, 0.25) is 0 Å². The topological polar surface area (TPSA) is 0 Å². The van der Waals surface area contributed by atoms with Gasteiger partial charge in [-0.15, -0.1) is 0 Å². The van der Waals surface area contributed by atoms with Crippen molar-refractivity contribution in [2.24, 2.45) is 0 Å². The fraction of sp³-hybridized carbons (Fsp3) is 0.167. The first-order valence-electron chi connectivity index (χ1n) is 7.05. The zero-order valence-corrected chi connectivity index (χ0v) is 11.9. The van der Waals surface area contributed by atoms with Crippen LogP contribution in [-0.4, -0.2) is 0 Å². The molecule has 1 aliphatic rings. The summed E-state index contributed by atoms with van der Waals surface area (Å²) in [6.07, 6.45) is 3.13. The van der Waals surface area contributed by atoms with Crippen molar-refractivity contribution in [1.29, 1.82) is 0 Å². The monoisotopic (exact) mass is 305 g/mol. The minimum Gasteiger partial charge on any atom is -0.204 e. The fourth-order valence-electron chi connectivity index (χ4n) is 2.81. The average Bonchev–Trinajstić information content (AvgIpc) is 2.88. The molecule has 0 N–H and O–H groups in total. The van der Waals surface area contributed by atoms with Crippen molar-refractivity contribution in [2.45, 2.75) is 19.8 Å². The van der Waals surface area contributed by atoms with E-state index in [9.17, 15) is 17.6 Å².